The Labute approximate surface area is 164 Å². The molecular weight excluding hydrogens is 396 g/mol. The second-order valence-corrected chi connectivity index (χ2v) is 10.4. The highest BCUT2D eigenvalue weighted by molar-refractivity contribution is 8.04. The van der Waals surface area contributed by atoms with Gasteiger partial charge in [0, 0.05) is 0 Å². The molecule has 0 rings (SSSR count). The molecule has 27 heavy (non-hydrogen) atoms. The standard InChI is InChI=1S/C17H36O8S2/c1-3-4-5-6-7-8-9-10-11-12-13-15(2)25-16(14-18)17(26(19,20)21)27(22,23)24/h15-18H,3-14H2,1-2H3,(H,19,20,21)(H,22,23,24). The van der Waals surface area contributed by atoms with E-state index in [0.29, 0.717) is 6.42 Å². The largest absolute Gasteiger partial charge is 0.394 e. The Bertz CT molecular complexity index is 542. The van der Waals surface area contributed by atoms with Gasteiger partial charge in [-0.2, -0.15) is 16.8 Å². The fourth-order valence-electron chi connectivity index (χ4n) is 3.02. The van der Waals surface area contributed by atoms with E-state index in [-0.39, 0.29) is 0 Å². The topological polar surface area (TPSA) is 138 Å². The van der Waals surface area contributed by atoms with E-state index in [1.54, 1.807) is 6.92 Å². The maximum absolute atomic E-state index is 11.2. The van der Waals surface area contributed by atoms with Crippen LogP contribution in [0.1, 0.15) is 84.5 Å². The van der Waals surface area contributed by atoms with Gasteiger partial charge in [0.15, 0.2) is 0 Å². The minimum absolute atomic E-state index is 0.526. The highest BCUT2D eigenvalue weighted by Crippen LogP contribution is 2.19. The molecular formula is C17H36O8S2. The maximum atomic E-state index is 11.2. The monoisotopic (exact) mass is 432 g/mol. The van der Waals surface area contributed by atoms with E-state index in [1.807, 2.05) is 0 Å². The number of rotatable bonds is 17. The van der Waals surface area contributed by atoms with Crippen molar-refractivity contribution in [2.45, 2.75) is 101 Å². The SMILES string of the molecule is CCCCCCCCCCCCC(C)OC(CO)C(S(=O)(=O)O)S(=O)(=O)O. The zero-order valence-electron chi connectivity index (χ0n) is 16.4. The third-order valence-corrected chi connectivity index (χ3v) is 7.68. The van der Waals surface area contributed by atoms with Crippen LogP contribution in [0.15, 0.2) is 0 Å². The van der Waals surface area contributed by atoms with Gasteiger partial charge in [0.2, 0.25) is 4.58 Å². The smallest absolute Gasteiger partial charge is 0.287 e. The fourth-order valence-corrected chi connectivity index (χ4v) is 5.31. The van der Waals surface area contributed by atoms with Crippen molar-refractivity contribution < 1.29 is 35.8 Å². The first-order valence-corrected chi connectivity index (χ1v) is 12.7. The van der Waals surface area contributed by atoms with E-state index >= 15 is 0 Å². The summed E-state index contributed by atoms with van der Waals surface area (Å²) in [7, 11) is -10.3. The molecule has 0 heterocycles. The van der Waals surface area contributed by atoms with Crippen LogP contribution in [-0.4, -0.2) is 54.4 Å². The zero-order chi connectivity index (χ0) is 20.9. The van der Waals surface area contributed by atoms with Gasteiger partial charge in [-0.25, -0.2) is 0 Å². The quantitative estimate of drug-likeness (QED) is 0.235. The number of aliphatic hydroxyl groups is 1. The van der Waals surface area contributed by atoms with E-state index in [0.717, 1.165) is 25.7 Å². The Hall–Kier alpha value is -0.260. The van der Waals surface area contributed by atoms with Crippen LogP contribution in [0.4, 0.5) is 0 Å². The molecule has 0 saturated carbocycles. The van der Waals surface area contributed by atoms with Gasteiger partial charge in [-0.15, -0.1) is 0 Å². The molecule has 2 atom stereocenters. The molecule has 0 aliphatic carbocycles. The third-order valence-electron chi connectivity index (χ3n) is 4.44. The molecule has 8 nitrogen and oxygen atoms in total. The van der Waals surface area contributed by atoms with E-state index in [9.17, 15) is 21.9 Å². The lowest BCUT2D eigenvalue weighted by Crippen LogP contribution is -2.45. The summed E-state index contributed by atoms with van der Waals surface area (Å²) in [5.41, 5.74) is 0. The van der Waals surface area contributed by atoms with Crippen molar-refractivity contribution in [1.82, 2.24) is 0 Å². The highest BCUT2D eigenvalue weighted by Gasteiger charge is 2.43. The van der Waals surface area contributed by atoms with E-state index < -0.39 is 43.6 Å². The number of hydrogen-bond donors (Lipinski definition) is 3. The summed E-state index contributed by atoms with van der Waals surface area (Å²) in [5.74, 6) is 0. The number of aliphatic hydroxyl groups excluding tert-OH is 1. The molecule has 0 radical (unpaired) electrons. The van der Waals surface area contributed by atoms with Crippen LogP contribution in [-0.2, 0) is 25.0 Å². The normalized spacial score (nSPS) is 15.2. The average Bonchev–Trinajstić information content (AvgIpc) is 2.53. The molecule has 0 fully saturated rings. The lowest BCUT2D eigenvalue weighted by Gasteiger charge is -2.24. The van der Waals surface area contributed by atoms with Gasteiger partial charge in [-0.1, -0.05) is 71.1 Å². The van der Waals surface area contributed by atoms with Gasteiger partial charge >= 0.3 is 0 Å². The van der Waals surface area contributed by atoms with Crippen molar-refractivity contribution in [3.8, 4) is 0 Å². The van der Waals surface area contributed by atoms with Crippen molar-refractivity contribution in [3.05, 3.63) is 0 Å². The van der Waals surface area contributed by atoms with Crippen LogP contribution < -0.4 is 0 Å². The van der Waals surface area contributed by atoms with Crippen molar-refractivity contribution in [2.75, 3.05) is 6.61 Å². The molecule has 0 saturated heterocycles. The van der Waals surface area contributed by atoms with Crippen LogP contribution in [0.2, 0.25) is 0 Å². The predicted octanol–water partition coefficient (Wildman–Crippen LogP) is 3.17. The third kappa shape index (κ3) is 12.7. The lowest BCUT2D eigenvalue weighted by atomic mass is 10.0. The Morgan fingerprint density at radius 2 is 1.19 bits per heavy atom. The number of unbranched alkanes of at least 4 members (excludes halogenated alkanes) is 9. The first-order valence-electron chi connectivity index (χ1n) is 9.73. The molecule has 0 aliphatic heterocycles. The minimum atomic E-state index is -5.15. The van der Waals surface area contributed by atoms with Crippen molar-refractivity contribution in [3.63, 3.8) is 0 Å². The Kier molecular flexibility index (Phi) is 13.7. The first-order chi connectivity index (χ1) is 12.5. The zero-order valence-corrected chi connectivity index (χ0v) is 18.0. The summed E-state index contributed by atoms with van der Waals surface area (Å²) in [6.45, 7) is 2.85. The van der Waals surface area contributed by atoms with Crippen LogP contribution >= 0.6 is 0 Å². The molecule has 10 heteroatoms. The van der Waals surface area contributed by atoms with Gasteiger partial charge in [-0.3, -0.25) is 9.11 Å². The maximum Gasteiger partial charge on any atom is 0.287 e. The minimum Gasteiger partial charge on any atom is -0.394 e. The number of ether oxygens (including phenoxy) is 1. The van der Waals surface area contributed by atoms with E-state index in [1.165, 1.54) is 38.5 Å². The Balaban J connectivity index is 4.16. The van der Waals surface area contributed by atoms with Crippen LogP contribution in [0, 0.1) is 0 Å². The molecule has 0 aromatic carbocycles. The first kappa shape index (κ1) is 26.7. The molecule has 0 bridgehead atoms. The molecule has 0 spiro atoms. The van der Waals surface area contributed by atoms with Crippen LogP contribution in [0.5, 0.6) is 0 Å². The molecule has 164 valence electrons. The van der Waals surface area contributed by atoms with Crippen molar-refractivity contribution in [2.24, 2.45) is 0 Å². The van der Waals surface area contributed by atoms with Crippen LogP contribution in [0.3, 0.4) is 0 Å². The van der Waals surface area contributed by atoms with Crippen molar-refractivity contribution in [1.29, 1.82) is 0 Å². The molecule has 0 aromatic rings. The molecule has 2 unspecified atom stereocenters. The Morgan fingerprint density at radius 1 is 0.778 bits per heavy atom. The summed E-state index contributed by atoms with van der Waals surface area (Å²) in [4.78, 5) is 0. The highest BCUT2D eigenvalue weighted by atomic mass is 32.3. The molecule has 0 aromatic heterocycles. The second-order valence-electron chi connectivity index (χ2n) is 7.04. The average molecular weight is 433 g/mol. The summed E-state index contributed by atoms with van der Waals surface area (Å²) < 4.78 is 65.6. The van der Waals surface area contributed by atoms with E-state index in [2.05, 4.69) is 6.92 Å². The molecule has 3 N–H and O–H groups in total. The predicted molar refractivity (Wildman–Crippen MR) is 105 cm³/mol. The van der Waals surface area contributed by atoms with Gasteiger partial charge in [0.1, 0.15) is 6.10 Å². The summed E-state index contributed by atoms with van der Waals surface area (Å²) >= 11 is 0. The second kappa shape index (κ2) is 13.8. The molecule has 0 amide bonds. The van der Waals surface area contributed by atoms with E-state index in [4.69, 9.17) is 13.8 Å². The van der Waals surface area contributed by atoms with Gasteiger partial charge in [-0.05, 0) is 13.3 Å². The van der Waals surface area contributed by atoms with Gasteiger partial charge in [0.25, 0.3) is 20.2 Å². The van der Waals surface area contributed by atoms with Crippen LogP contribution in [0.25, 0.3) is 0 Å². The van der Waals surface area contributed by atoms with Gasteiger partial charge in [0.05, 0.1) is 12.7 Å². The molecule has 0 aliphatic rings. The Morgan fingerprint density at radius 3 is 1.56 bits per heavy atom. The fraction of sp³-hybridized carbons (Fsp3) is 1.00. The lowest BCUT2D eigenvalue weighted by molar-refractivity contribution is -0.0291. The summed E-state index contributed by atoms with van der Waals surface area (Å²) in [6.07, 6.45) is 9.90. The number of hydrogen-bond acceptors (Lipinski definition) is 6. The van der Waals surface area contributed by atoms with Crippen molar-refractivity contribution >= 4 is 20.2 Å². The van der Waals surface area contributed by atoms with Gasteiger partial charge < -0.3 is 9.84 Å². The summed E-state index contributed by atoms with van der Waals surface area (Å²) in [6, 6.07) is 0. The summed E-state index contributed by atoms with van der Waals surface area (Å²) in [5, 5.41) is 9.24.